The molecule has 0 aliphatic rings. The predicted octanol–water partition coefficient (Wildman–Crippen LogP) is 20.6. The van der Waals surface area contributed by atoms with Gasteiger partial charge in [0.15, 0.2) is 146 Å². The zero-order chi connectivity index (χ0) is 95.3. The summed E-state index contributed by atoms with van der Waals surface area (Å²) in [5, 5.41) is 7.31. The van der Waals surface area contributed by atoms with Crippen LogP contribution in [-0.2, 0) is 101 Å². The van der Waals surface area contributed by atoms with E-state index in [1.54, 1.807) is 0 Å². The van der Waals surface area contributed by atoms with E-state index in [-0.39, 0.29) is 0 Å². The van der Waals surface area contributed by atoms with Gasteiger partial charge in [0.2, 0.25) is 8.32 Å². The molecule has 0 heterocycles. The molecule has 0 aliphatic heterocycles. The third-order valence-electron chi connectivity index (χ3n) is 20.4. The fraction of sp³-hybridized carbons (Fsp3) is 0.596. The maximum Gasteiger partial charge on any atom is 0.505 e. The SMILES string of the molecule is C[Si](C)(C)O[Si](C)(CCc1ccc([SiH2]O[Si](C)(C)CCc2ccc([Si](O[Si](C)(C)C)(O[Si](C)(C)C)O[Si](C)(C)C)cc2)cc1)CO[Si](C)(CCc1ccc([SiH2]O[Si](C)(C)CCc2ccc([Si](O[Si](C)(C)C)(O[Si](C)(C)C)O[Si](C)(C)C)cc2)cc1)O[Si](C)(C)CCc1ccc([SiH2]O[Si](C)(C)CCc2ccc([Si](O[Si](C)(C)C)(O[Si](C)(C)C)O[Si](C)(C)C)cc2)cc1. The zero-order valence-corrected chi connectivity index (χ0v) is 110. The van der Waals surface area contributed by atoms with Gasteiger partial charge >= 0.3 is 35.0 Å². The molecule has 2 atom stereocenters. The van der Waals surface area contributed by atoms with Gasteiger partial charge in [0.1, 0.15) is 0 Å². The minimum absolute atomic E-state index is 0.618. The molecule has 0 saturated carbocycles. The van der Waals surface area contributed by atoms with Crippen molar-refractivity contribution in [2.45, 2.75) is 337 Å². The highest BCUT2D eigenvalue weighted by molar-refractivity contribution is 6.98. The first-order valence-corrected chi connectivity index (χ1v) is 108. The second-order valence-corrected chi connectivity index (χ2v) is 134. The Morgan fingerprint density at radius 1 is 0.190 bits per heavy atom. The fourth-order valence-corrected chi connectivity index (χ4v) is 84.7. The Hall–Kier alpha value is -0.509. The maximum absolute atomic E-state index is 7.74. The lowest BCUT2D eigenvalue weighted by molar-refractivity contribution is 0.264. The van der Waals surface area contributed by atoms with E-state index in [0.717, 1.165) is 90.3 Å². The van der Waals surface area contributed by atoms with E-state index in [1.807, 2.05) is 0 Å². The number of aryl methyl sites for hydroxylation is 6. The number of hydrogen-bond donors (Lipinski definition) is 0. The van der Waals surface area contributed by atoms with Crippen LogP contribution >= 0.6 is 0 Å². The van der Waals surface area contributed by atoms with Crippen LogP contribution in [0.5, 0.6) is 0 Å². The van der Waals surface area contributed by atoms with Crippen molar-refractivity contribution in [2.75, 3.05) is 6.23 Å². The van der Waals surface area contributed by atoms with Gasteiger partial charge in [-0.1, -0.05) is 146 Å². The van der Waals surface area contributed by atoms with Crippen LogP contribution < -0.4 is 31.1 Å². The number of rotatable bonds is 55. The summed E-state index contributed by atoms with van der Waals surface area (Å²) < 4.78 is 107. The first-order chi connectivity index (χ1) is 57.0. The lowest BCUT2D eigenvalue weighted by atomic mass is 10.2. The molecule has 0 amide bonds. The minimum atomic E-state index is -3.18. The molecule has 0 fully saturated rings. The summed E-state index contributed by atoms with van der Waals surface area (Å²) in [5.41, 5.74) is 7.97. The topological polar surface area (TPSA) is 138 Å². The molecule has 15 nitrogen and oxygen atoms in total. The third-order valence-corrected chi connectivity index (χ3v) is 87.3. The smallest absolute Gasteiger partial charge is 0.457 e. The summed E-state index contributed by atoms with van der Waals surface area (Å²) >= 11 is 0. The Morgan fingerprint density at radius 3 is 0.579 bits per heavy atom. The van der Waals surface area contributed by atoms with Crippen molar-refractivity contribution in [1.29, 1.82) is 0 Å². The van der Waals surface area contributed by atoms with Crippen LogP contribution in [-0.4, -0.2) is 195 Å². The van der Waals surface area contributed by atoms with Crippen molar-refractivity contribution in [1.82, 2.24) is 0 Å². The fourth-order valence-electron chi connectivity index (χ4n) is 15.0. The van der Waals surface area contributed by atoms with Gasteiger partial charge in [0.25, 0.3) is 0 Å². The Bertz CT molecular complexity index is 4170. The highest BCUT2D eigenvalue weighted by Crippen LogP contribution is 2.34. The van der Waals surface area contributed by atoms with Crippen molar-refractivity contribution in [3.63, 3.8) is 0 Å². The summed E-state index contributed by atoms with van der Waals surface area (Å²) in [6.45, 7) is 91.8. The largest absolute Gasteiger partial charge is 0.505 e. The molecule has 0 N–H and O–H groups in total. The van der Waals surface area contributed by atoms with Crippen molar-refractivity contribution >= 4 is 220 Å². The molecular weight excluding hydrogens is 1930 g/mol. The molecule has 0 saturated heterocycles. The van der Waals surface area contributed by atoms with Gasteiger partial charge < -0.3 is 62.0 Å². The molecule has 0 spiro atoms. The standard InChI is InChI=1S/C89H176O15Si22/c1-108(2,3)94-122(39,75-69-79-43-55-85(56-44-79)106-92-119(33,34)72-66-82-49-61-88(62-50-82)125(98-112(13,14)15,99-113(16,17)18)100-114(19,20)21)77-90-123(40,76-70-80-45-57-86(58-46-80)107-93-120(35,36)73-67-83-51-63-89(64-52-83)126(101-115(22,23)24,102-116(25,26)27)103-117(28,29)30)104-121(37,38)74-68-78-41-53-84(54-42-78)105-91-118(31,32)71-65-81-47-59-87(60-48-81)124(95-109(4,5)6,96-110(7,8)9)97-111(10,11)12/h41-64H,65-77,105-107H2,1-40H3. The minimum Gasteiger partial charge on any atom is -0.457 e. The maximum atomic E-state index is 7.74. The molecule has 37 heteroatoms. The van der Waals surface area contributed by atoms with E-state index in [1.165, 1.54) is 48.9 Å². The van der Waals surface area contributed by atoms with E-state index in [9.17, 15) is 0 Å². The van der Waals surface area contributed by atoms with E-state index in [4.69, 9.17) is 62.0 Å². The Balaban J connectivity index is 1.14. The Morgan fingerprint density at radius 2 is 0.373 bits per heavy atom. The summed E-state index contributed by atoms with van der Waals surface area (Å²) in [4.78, 5) is 0. The summed E-state index contributed by atoms with van der Waals surface area (Å²) in [6, 6.07) is 61.4. The highest BCUT2D eigenvalue weighted by Gasteiger charge is 2.56. The van der Waals surface area contributed by atoms with Gasteiger partial charge in [0, 0.05) is 15.6 Å². The average Bonchev–Trinajstić information content (AvgIpc) is 0.779. The third kappa shape index (κ3) is 44.3. The van der Waals surface area contributed by atoms with Crippen LogP contribution in [0.4, 0.5) is 0 Å². The molecule has 0 aromatic heterocycles. The first kappa shape index (κ1) is 114. The predicted molar refractivity (Wildman–Crippen MR) is 598 cm³/mol. The molecule has 6 aromatic carbocycles. The summed E-state index contributed by atoms with van der Waals surface area (Å²) in [5.74, 6) is 0. The van der Waals surface area contributed by atoms with Gasteiger partial charge in [-0.3, -0.25) is 0 Å². The van der Waals surface area contributed by atoms with Crippen LogP contribution in [0, 0.1) is 0 Å². The molecule has 6 rings (SSSR count). The van der Waals surface area contributed by atoms with Crippen LogP contribution in [0.3, 0.4) is 0 Å². The zero-order valence-electron chi connectivity index (χ0n) is 86.8. The van der Waals surface area contributed by atoms with Crippen LogP contribution in [0.15, 0.2) is 146 Å². The van der Waals surface area contributed by atoms with Crippen molar-refractivity contribution < 1.29 is 62.0 Å². The summed E-state index contributed by atoms with van der Waals surface area (Å²) in [7, 11) is -46.2. The van der Waals surface area contributed by atoms with Crippen molar-refractivity contribution in [2.24, 2.45) is 0 Å². The molecular formula is C89H176O15Si22. The quantitative estimate of drug-likeness (QED) is 0.0335. The van der Waals surface area contributed by atoms with Crippen molar-refractivity contribution in [3.05, 3.63) is 179 Å². The Kier molecular flexibility index (Phi) is 41.2. The molecule has 2 unspecified atom stereocenters. The second-order valence-electron chi connectivity index (χ2n) is 48.2. The van der Waals surface area contributed by atoms with Crippen molar-refractivity contribution in [3.8, 4) is 0 Å². The molecule has 6 aromatic rings. The van der Waals surface area contributed by atoms with Crippen LogP contribution in [0.25, 0.3) is 0 Å². The average molecular weight is 2100 g/mol. The summed E-state index contributed by atoms with van der Waals surface area (Å²) in [6.07, 6.45) is 6.34. The molecule has 0 radical (unpaired) electrons. The van der Waals surface area contributed by atoms with Crippen LogP contribution in [0.2, 0.25) is 298 Å². The normalized spacial score (nSPS) is 15.4. The number of hydrogen-bond acceptors (Lipinski definition) is 15. The highest BCUT2D eigenvalue weighted by atomic mass is 28.5. The van der Waals surface area contributed by atoms with E-state index in [2.05, 4.69) is 407 Å². The Labute approximate surface area is 796 Å². The molecule has 710 valence electrons. The first-order valence-electron chi connectivity index (χ1n) is 46.8. The lowest BCUT2D eigenvalue weighted by Gasteiger charge is -2.43. The number of benzene rings is 6. The van der Waals surface area contributed by atoms with Gasteiger partial charge in [0.05, 0.1) is 6.23 Å². The van der Waals surface area contributed by atoms with Gasteiger partial charge in [-0.2, -0.15) is 0 Å². The second kappa shape index (κ2) is 45.4. The van der Waals surface area contributed by atoms with E-state index < -0.39 is 189 Å². The monoisotopic (exact) mass is 2100 g/mol. The van der Waals surface area contributed by atoms with Gasteiger partial charge in [-0.15, -0.1) is 0 Å². The van der Waals surface area contributed by atoms with E-state index >= 15 is 0 Å². The molecule has 126 heavy (non-hydrogen) atoms. The van der Waals surface area contributed by atoms with Gasteiger partial charge in [-0.05, 0) is 386 Å². The lowest BCUT2D eigenvalue weighted by Crippen LogP contribution is -2.67. The van der Waals surface area contributed by atoms with Gasteiger partial charge in [-0.25, -0.2) is 0 Å². The van der Waals surface area contributed by atoms with E-state index in [0.29, 0.717) is 6.23 Å². The molecule has 0 aliphatic carbocycles. The molecule has 0 bridgehead atoms. The van der Waals surface area contributed by atoms with Crippen LogP contribution in [0.1, 0.15) is 33.4 Å².